The predicted molar refractivity (Wildman–Crippen MR) is 73.4 cm³/mol. The zero-order chi connectivity index (χ0) is 13.9. The fraction of sp³-hybridized carbons (Fsp3) is 0.533. The van der Waals surface area contributed by atoms with Crippen LogP contribution < -0.4 is 9.47 Å². The molecule has 0 bridgehead atoms. The Hall–Kier alpha value is -1.75. The first-order valence-corrected chi connectivity index (χ1v) is 7.09. The molecule has 1 N–H and O–H groups in total. The van der Waals surface area contributed by atoms with E-state index < -0.39 is 12.0 Å². The van der Waals surface area contributed by atoms with Gasteiger partial charge in [0, 0.05) is 0 Å². The minimum Gasteiger partial charge on any atom is -0.486 e. The predicted octanol–water partition coefficient (Wildman–Crippen LogP) is 1.55. The lowest BCUT2D eigenvalue weighted by molar-refractivity contribution is -0.142. The number of carbonyl (C=O) groups is 1. The Balaban J connectivity index is 1.76. The molecule has 5 nitrogen and oxygen atoms in total. The summed E-state index contributed by atoms with van der Waals surface area (Å²) in [6.07, 6.45) is 2.68. The highest BCUT2D eigenvalue weighted by Gasteiger charge is 2.28. The second kappa shape index (κ2) is 5.71. The number of aliphatic carboxylic acids is 1. The maximum absolute atomic E-state index is 11.5. The molecule has 0 saturated carbocycles. The van der Waals surface area contributed by atoms with Crippen LogP contribution in [0.5, 0.6) is 11.5 Å². The van der Waals surface area contributed by atoms with E-state index in [9.17, 15) is 9.90 Å². The molecule has 0 radical (unpaired) electrons. The lowest BCUT2D eigenvalue weighted by Crippen LogP contribution is -2.40. The Bertz CT molecular complexity index is 497. The lowest BCUT2D eigenvalue weighted by atomic mass is 10.0. The first-order valence-electron chi connectivity index (χ1n) is 7.09. The highest BCUT2D eigenvalue weighted by Crippen LogP contribution is 2.31. The first kappa shape index (κ1) is 13.2. The van der Waals surface area contributed by atoms with Crippen LogP contribution in [0.25, 0.3) is 0 Å². The molecule has 108 valence electrons. The van der Waals surface area contributed by atoms with Crippen molar-refractivity contribution in [3.05, 3.63) is 23.8 Å². The summed E-state index contributed by atoms with van der Waals surface area (Å²) in [6, 6.07) is 5.26. The normalized spacial score (nSPS) is 19.8. The molecular formula is C15H19NO4. The molecule has 0 aromatic heterocycles. The van der Waals surface area contributed by atoms with Gasteiger partial charge in [-0.1, -0.05) is 6.07 Å². The molecule has 1 aromatic carbocycles. The van der Waals surface area contributed by atoms with Crippen LogP contribution >= 0.6 is 0 Å². The summed E-state index contributed by atoms with van der Waals surface area (Å²) in [5, 5.41) is 9.44. The zero-order valence-corrected chi connectivity index (χ0v) is 11.4. The Morgan fingerprint density at radius 3 is 2.60 bits per heavy atom. The van der Waals surface area contributed by atoms with E-state index in [4.69, 9.17) is 9.47 Å². The highest BCUT2D eigenvalue weighted by molar-refractivity contribution is 5.74. The maximum Gasteiger partial charge on any atom is 0.321 e. The summed E-state index contributed by atoms with van der Waals surface area (Å²) in [7, 11) is 0. The van der Waals surface area contributed by atoms with Crippen LogP contribution in [0.3, 0.4) is 0 Å². The summed E-state index contributed by atoms with van der Waals surface area (Å²) in [5.74, 6) is 0.717. The molecule has 20 heavy (non-hydrogen) atoms. The standard InChI is InChI=1S/C15H19NO4/c17-15(18)12(16-5-1-2-6-16)9-11-3-4-13-14(10-11)20-8-7-19-13/h3-4,10,12H,1-2,5-9H2,(H,17,18). The Labute approximate surface area is 118 Å². The van der Waals surface area contributed by atoms with E-state index in [0.717, 1.165) is 43.0 Å². The van der Waals surface area contributed by atoms with Crippen LogP contribution in [0.1, 0.15) is 18.4 Å². The molecule has 2 aliphatic rings. The number of carboxylic acids is 1. The molecule has 0 amide bonds. The highest BCUT2D eigenvalue weighted by atomic mass is 16.6. The SMILES string of the molecule is O=C(O)C(Cc1ccc2c(c1)OCCO2)N1CCCC1. The van der Waals surface area contributed by atoms with Crippen LogP contribution in [-0.2, 0) is 11.2 Å². The number of rotatable bonds is 4. The Kier molecular flexibility index (Phi) is 3.78. The third-order valence-corrected chi connectivity index (χ3v) is 3.90. The van der Waals surface area contributed by atoms with E-state index in [1.54, 1.807) is 0 Å². The molecule has 0 aliphatic carbocycles. The van der Waals surface area contributed by atoms with Crippen molar-refractivity contribution in [1.82, 2.24) is 4.90 Å². The molecule has 1 atom stereocenters. The minimum absolute atomic E-state index is 0.444. The quantitative estimate of drug-likeness (QED) is 0.905. The molecule has 1 fully saturated rings. The number of likely N-dealkylation sites (tertiary alicyclic amines) is 1. The van der Waals surface area contributed by atoms with Crippen LogP contribution in [0.4, 0.5) is 0 Å². The molecule has 3 rings (SSSR count). The van der Waals surface area contributed by atoms with Crippen molar-refractivity contribution in [3.63, 3.8) is 0 Å². The number of ether oxygens (including phenoxy) is 2. The number of carboxylic acid groups (broad SMARTS) is 1. The molecular weight excluding hydrogens is 258 g/mol. The van der Waals surface area contributed by atoms with E-state index in [0.29, 0.717) is 19.6 Å². The van der Waals surface area contributed by atoms with Crippen LogP contribution in [-0.4, -0.2) is 48.3 Å². The summed E-state index contributed by atoms with van der Waals surface area (Å²) >= 11 is 0. The van der Waals surface area contributed by atoms with Crippen molar-refractivity contribution in [2.45, 2.75) is 25.3 Å². The van der Waals surface area contributed by atoms with Gasteiger partial charge in [-0.2, -0.15) is 0 Å². The molecule has 1 aromatic rings. The average Bonchev–Trinajstić information content (AvgIpc) is 2.98. The number of benzene rings is 1. The average molecular weight is 277 g/mol. The van der Waals surface area contributed by atoms with E-state index in [-0.39, 0.29) is 0 Å². The van der Waals surface area contributed by atoms with E-state index >= 15 is 0 Å². The summed E-state index contributed by atoms with van der Waals surface area (Å²) < 4.78 is 11.0. The second-order valence-corrected chi connectivity index (χ2v) is 5.28. The minimum atomic E-state index is -0.748. The van der Waals surface area contributed by atoms with Gasteiger partial charge in [-0.15, -0.1) is 0 Å². The molecule has 2 aliphatic heterocycles. The molecule has 1 saturated heterocycles. The van der Waals surface area contributed by atoms with Crippen molar-refractivity contribution in [3.8, 4) is 11.5 Å². The lowest BCUT2D eigenvalue weighted by Gasteiger charge is -2.24. The summed E-state index contributed by atoms with van der Waals surface area (Å²) in [5.41, 5.74) is 0.980. The molecule has 0 spiro atoms. The van der Waals surface area contributed by atoms with Gasteiger partial charge in [-0.25, -0.2) is 0 Å². The monoisotopic (exact) mass is 277 g/mol. The van der Waals surface area contributed by atoms with Crippen molar-refractivity contribution in [1.29, 1.82) is 0 Å². The Morgan fingerprint density at radius 2 is 1.90 bits per heavy atom. The Morgan fingerprint density at radius 1 is 1.20 bits per heavy atom. The third kappa shape index (κ3) is 2.72. The van der Waals surface area contributed by atoms with Gasteiger partial charge in [-0.3, -0.25) is 9.69 Å². The van der Waals surface area contributed by atoms with E-state index in [1.165, 1.54) is 0 Å². The van der Waals surface area contributed by atoms with Gasteiger partial charge < -0.3 is 14.6 Å². The molecule has 1 unspecified atom stereocenters. The number of hydrogen-bond acceptors (Lipinski definition) is 4. The van der Waals surface area contributed by atoms with Gasteiger partial charge in [-0.05, 0) is 50.0 Å². The molecule has 5 heteroatoms. The number of nitrogens with zero attached hydrogens (tertiary/aromatic N) is 1. The summed E-state index contributed by atoms with van der Waals surface area (Å²) in [4.78, 5) is 13.5. The van der Waals surface area contributed by atoms with Crippen LogP contribution in [0.2, 0.25) is 0 Å². The van der Waals surface area contributed by atoms with Crippen LogP contribution in [0, 0.1) is 0 Å². The fourth-order valence-corrected chi connectivity index (χ4v) is 2.86. The smallest absolute Gasteiger partial charge is 0.321 e. The van der Waals surface area contributed by atoms with E-state index in [2.05, 4.69) is 4.90 Å². The topological polar surface area (TPSA) is 59.0 Å². The number of hydrogen-bond donors (Lipinski definition) is 1. The number of fused-ring (bicyclic) bond motifs is 1. The van der Waals surface area contributed by atoms with Gasteiger partial charge in [0.1, 0.15) is 19.3 Å². The molecule has 2 heterocycles. The van der Waals surface area contributed by atoms with Gasteiger partial charge in [0.05, 0.1) is 0 Å². The zero-order valence-electron chi connectivity index (χ0n) is 11.4. The van der Waals surface area contributed by atoms with Crippen molar-refractivity contribution < 1.29 is 19.4 Å². The van der Waals surface area contributed by atoms with E-state index in [1.807, 2.05) is 18.2 Å². The van der Waals surface area contributed by atoms with Gasteiger partial charge in [0.2, 0.25) is 0 Å². The third-order valence-electron chi connectivity index (χ3n) is 3.90. The maximum atomic E-state index is 11.5. The first-order chi connectivity index (χ1) is 9.74. The second-order valence-electron chi connectivity index (χ2n) is 5.28. The van der Waals surface area contributed by atoms with Crippen molar-refractivity contribution >= 4 is 5.97 Å². The largest absolute Gasteiger partial charge is 0.486 e. The summed E-state index contributed by atoms with van der Waals surface area (Å²) in [6.45, 7) is 2.87. The van der Waals surface area contributed by atoms with Crippen LogP contribution in [0.15, 0.2) is 18.2 Å². The van der Waals surface area contributed by atoms with Crippen molar-refractivity contribution in [2.75, 3.05) is 26.3 Å². The van der Waals surface area contributed by atoms with Gasteiger partial charge in [0.25, 0.3) is 0 Å². The van der Waals surface area contributed by atoms with Crippen molar-refractivity contribution in [2.24, 2.45) is 0 Å². The fourth-order valence-electron chi connectivity index (χ4n) is 2.86. The van der Waals surface area contributed by atoms with Gasteiger partial charge >= 0.3 is 5.97 Å². The van der Waals surface area contributed by atoms with Gasteiger partial charge in [0.15, 0.2) is 11.5 Å².